The second kappa shape index (κ2) is 26.5. The molecule has 0 aromatic heterocycles. The summed E-state index contributed by atoms with van der Waals surface area (Å²) in [6, 6.07) is 0. The molecule has 22 aliphatic heterocycles. The van der Waals surface area contributed by atoms with Gasteiger partial charge in [0.25, 0.3) is 0 Å². The topological polar surface area (TPSA) is 481 Å². The van der Waals surface area contributed by atoms with Gasteiger partial charge >= 0.3 is 5.97 Å². The van der Waals surface area contributed by atoms with Crippen LogP contribution in [0.3, 0.4) is 0 Å². The highest BCUT2D eigenvalue weighted by Gasteiger charge is 2.59. The molecule has 74 heavy (non-hydrogen) atoms. The van der Waals surface area contributed by atoms with Crippen LogP contribution in [0.5, 0.6) is 0 Å². The van der Waals surface area contributed by atoms with Crippen molar-refractivity contribution in [1.29, 1.82) is 0 Å². The summed E-state index contributed by atoms with van der Waals surface area (Å²) in [5, 5.41) is 188. The molecule has 0 aromatic carbocycles. The molecule has 0 aromatic rings. The highest BCUT2D eigenvalue weighted by atomic mass is 16.8. The van der Waals surface area contributed by atoms with Crippen LogP contribution in [0.15, 0.2) is 0 Å². The Morgan fingerprint density at radius 3 is 0.824 bits per heavy atom. The van der Waals surface area contributed by atoms with Gasteiger partial charge in [-0.15, -0.1) is 0 Å². The number of unbranched alkanes of at least 4 members (excludes halogenated alkanes) is 3. The van der Waals surface area contributed by atoms with Crippen molar-refractivity contribution in [2.75, 3.05) is 39.6 Å². The molecule has 30 atom stereocenters. The normalized spacial score (nSPS) is 50.6. The number of carbonyl (C=O) groups excluding carboxylic acids is 1. The number of ether oxygens (including phenoxy) is 13. The fraction of sp³-hybridized carbons (Fsp3) is 0.977. The Bertz CT molecular complexity index is 1710. The van der Waals surface area contributed by atoms with E-state index in [1.54, 1.807) is 0 Å². The molecule has 0 aliphatic carbocycles. The maximum atomic E-state index is 13.4. The van der Waals surface area contributed by atoms with Crippen molar-refractivity contribution in [3.8, 4) is 0 Å². The minimum Gasteiger partial charge on any atom is -0.456 e. The van der Waals surface area contributed by atoms with E-state index in [0.717, 1.165) is 12.8 Å². The molecule has 12 bridgehead atoms. The second-order valence-corrected chi connectivity index (χ2v) is 19.1. The first-order valence-electron chi connectivity index (χ1n) is 24.5. The lowest BCUT2D eigenvalue weighted by Gasteiger charge is -2.51. The van der Waals surface area contributed by atoms with Crippen molar-refractivity contribution >= 4 is 5.97 Å². The van der Waals surface area contributed by atoms with Gasteiger partial charge < -0.3 is 148 Å². The summed E-state index contributed by atoms with van der Waals surface area (Å²) in [6.45, 7) is -4.15. The van der Waals surface area contributed by atoms with Crippen molar-refractivity contribution in [2.45, 2.75) is 223 Å². The average molecular weight is 1090 g/mol. The van der Waals surface area contributed by atoms with Gasteiger partial charge in [0.05, 0.1) is 39.6 Å². The van der Waals surface area contributed by atoms with Crippen LogP contribution in [0.4, 0.5) is 0 Å². The Morgan fingerprint density at radius 1 is 0.324 bits per heavy atom. The summed E-state index contributed by atoms with van der Waals surface area (Å²) in [6.07, 6.45) is -56.6. The van der Waals surface area contributed by atoms with E-state index in [1.807, 2.05) is 6.92 Å². The van der Waals surface area contributed by atoms with Crippen LogP contribution in [0.2, 0.25) is 0 Å². The highest BCUT2D eigenvalue weighted by molar-refractivity contribution is 5.69. The maximum Gasteiger partial charge on any atom is 0.306 e. The standard InChI is InChI=1S/C43H72O31/c1-2-3-4-5-6-19(50)68-37-30(61)43-67-18(12-49)36(37)74-42-29(60)24(55)34(16(10-47)66-42)72-40-27(58)22(53)32(14(8-45)64-40)70-38-25(56)20(51)31(13(7-44)62-38)69-39-26(57)21(52)33(15(9-46)63-39)71-41-28(59)23(54)35(73-43)17(11-48)65-41/h13-18,20-49,51-61H,2-12H2,1H3/t13-,14-,15-,16-,17-,18-,20-,21-,22-,23-,24-,25-,26-,27-,28-,29-,30-,31-,32-,33-,34-,35-,36+,37-,38-,39-,40-,41-,42-,43-/m1/s1. The molecule has 31 nitrogen and oxygen atoms in total. The van der Waals surface area contributed by atoms with Gasteiger partial charge in [-0.2, -0.15) is 0 Å². The largest absolute Gasteiger partial charge is 0.456 e. The van der Waals surface area contributed by atoms with Crippen molar-refractivity contribution in [3.63, 3.8) is 0 Å². The Morgan fingerprint density at radius 2 is 0.568 bits per heavy atom. The predicted octanol–water partition coefficient (Wildman–Crippen LogP) is -10.5. The Balaban J connectivity index is 1.22. The lowest BCUT2D eigenvalue weighted by atomic mass is 9.94. The van der Waals surface area contributed by atoms with Gasteiger partial charge in [-0.25, -0.2) is 0 Å². The second-order valence-electron chi connectivity index (χ2n) is 19.1. The SMILES string of the molecule is CCCCCCC(=O)O[C@@H]1[C@@H](O)[C@H]2O[C@H]3[C@H](O)[C@@H](O)[C@@H](O[C@H]4[C@H](O)[C@@H](O)[C@@H](O[C@H]5[C@H](O)[C@@H](O)[C@@H](O[C@H]6[C@H](O)[C@@H](O)[C@@H](O[C@H]7[C@H](O)[C@@H](O)[C@@H](O[C@H]1[C@@H](CO)O2)O[C@@H]7CO)O[C@@H]6CO)O[C@@H]5CO)O[C@@H]4CO)O[C@@H]3CO. The number of hydrogen-bond donors (Lipinski definition) is 17. The number of aliphatic hydroxyl groups excluding tert-OH is 17. The van der Waals surface area contributed by atoms with E-state index in [-0.39, 0.29) is 6.42 Å². The first-order chi connectivity index (χ1) is 35.4. The Hall–Kier alpha value is -1.69. The van der Waals surface area contributed by atoms with Gasteiger partial charge in [-0.3, -0.25) is 4.79 Å². The first-order valence-corrected chi connectivity index (χ1v) is 24.5. The molecular weight excluding hydrogens is 1010 g/mol. The van der Waals surface area contributed by atoms with E-state index in [1.165, 1.54) is 0 Å². The van der Waals surface area contributed by atoms with Gasteiger partial charge in [0, 0.05) is 6.42 Å². The number of aliphatic hydroxyl groups is 17. The third-order valence-corrected chi connectivity index (χ3v) is 14.1. The zero-order valence-corrected chi connectivity index (χ0v) is 39.9. The molecule has 0 spiro atoms. The zero-order valence-electron chi connectivity index (χ0n) is 39.9. The summed E-state index contributed by atoms with van der Waals surface area (Å²) in [4.78, 5) is 13.4. The van der Waals surface area contributed by atoms with Crippen LogP contribution >= 0.6 is 0 Å². The van der Waals surface area contributed by atoms with E-state index in [4.69, 9.17) is 61.6 Å². The molecule has 0 saturated carbocycles. The lowest BCUT2D eigenvalue weighted by molar-refractivity contribution is -0.404. The summed E-state index contributed by atoms with van der Waals surface area (Å²) < 4.78 is 75.0. The predicted molar refractivity (Wildman–Crippen MR) is 228 cm³/mol. The van der Waals surface area contributed by atoms with Crippen molar-refractivity contribution in [2.24, 2.45) is 0 Å². The van der Waals surface area contributed by atoms with E-state index in [9.17, 15) is 91.6 Å². The summed E-state index contributed by atoms with van der Waals surface area (Å²) in [5.41, 5.74) is 0. The fourth-order valence-corrected chi connectivity index (χ4v) is 9.95. The molecule has 0 unspecified atom stereocenters. The summed E-state index contributed by atoms with van der Waals surface area (Å²) in [5.74, 6) is -0.895. The highest BCUT2D eigenvalue weighted by Crippen LogP contribution is 2.38. The van der Waals surface area contributed by atoms with Crippen molar-refractivity contribution in [3.05, 3.63) is 0 Å². The Labute approximate surface area is 421 Å². The van der Waals surface area contributed by atoms with Crippen LogP contribution < -0.4 is 0 Å². The van der Waals surface area contributed by atoms with Crippen molar-refractivity contribution in [1.82, 2.24) is 0 Å². The number of carbonyl (C=O) groups is 1. The average Bonchev–Trinajstić information content (AvgIpc) is 3.39. The number of esters is 1. The van der Waals surface area contributed by atoms with Crippen LogP contribution in [0.25, 0.3) is 0 Å². The molecule has 22 heterocycles. The molecule has 0 amide bonds. The third-order valence-electron chi connectivity index (χ3n) is 14.1. The van der Waals surface area contributed by atoms with Crippen LogP contribution in [-0.4, -0.2) is 317 Å². The van der Waals surface area contributed by atoms with Gasteiger partial charge in [0.15, 0.2) is 43.8 Å². The molecule has 31 heteroatoms. The van der Waals surface area contributed by atoms with E-state index < -0.39 is 230 Å². The minimum absolute atomic E-state index is 0.186. The van der Waals surface area contributed by atoms with E-state index in [2.05, 4.69) is 0 Å². The quantitative estimate of drug-likeness (QED) is 0.0637. The summed E-state index contributed by atoms with van der Waals surface area (Å²) in [7, 11) is 0. The lowest BCUT2D eigenvalue weighted by Crippen LogP contribution is -2.69. The zero-order chi connectivity index (χ0) is 53.9. The maximum absolute atomic E-state index is 13.4. The van der Waals surface area contributed by atoms with Crippen LogP contribution in [-0.2, 0) is 66.4 Å². The van der Waals surface area contributed by atoms with Crippen molar-refractivity contribution < 1.29 is 153 Å². The first kappa shape index (κ1) is 60.0. The molecule has 22 rings (SSSR count). The van der Waals surface area contributed by atoms with Gasteiger partial charge in [0.2, 0.25) is 0 Å². The molecule has 0 radical (unpaired) electrons. The molecule has 430 valence electrons. The third kappa shape index (κ3) is 12.5. The molecular formula is C43H72O31. The van der Waals surface area contributed by atoms with Gasteiger partial charge in [0.1, 0.15) is 140 Å². The van der Waals surface area contributed by atoms with Gasteiger partial charge in [-0.1, -0.05) is 26.2 Å². The smallest absolute Gasteiger partial charge is 0.306 e. The summed E-state index contributed by atoms with van der Waals surface area (Å²) >= 11 is 0. The molecule has 17 N–H and O–H groups in total. The molecule has 22 aliphatic rings. The fourth-order valence-electron chi connectivity index (χ4n) is 9.95. The molecule has 22 fully saturated rings. The monoisotopic (exact) mass is 1080 g/mol. The number of rotatable bonds is 12. The molecule has 22 saturated heterocycles. The number of hydrogen-bond acceptors (Lipinski definition) is 31. The van der Waals surface area contributed by atoms with Crippen LogP contribution in [0.1, 0.15) is 39.0 Å². The minimum atomic E-state index is -2.19. The van der Waals surface area contributed by atoms with E-state index in [0.29, 0.717) is 12.8 Å². The van der Waals surface area contributed by atoms with Gasteiger partial charge in [-0.05, 0) is 6.42 Å². The van der Waals surface area contributed by atoms with E-state index >= 15 is 0 Å². The van der Waals surface area contributed by atoms with Crippen LogP contribution in [0, 0.1) is 0 Å². The Kier molecular flexibility index (Phi) is 21.5.